The molecule has 0 spiro atoms. The molecule has 25 heavy (non-hydrogen) atoms. The first-order valence-corrected chi connectivity index (χ1v) is 8.58. The number of hydrogen-bond acceptors (Lipinski definition) is 2. The van der Waals surface area contributed by atoms with Crippen LogP contribution in [0, 0.1) is 11.8 Å². The molecule has 2 aromatic carbocycles. The third kappa shape index (κ3) is 6.78. The number of carbonyl (C=O) groups excluding carboxylic acids is 1. The van der Waals surface area contributed by atoms with Gasteiger partial charge in [-0.25, -0.2) is 4.79 Å². The van der Waals surface area contributed by atoms with Crippen LogP contribution < -0.4 is 15.4 Å². The lowest BCUT2D eigenvalue weighted by Gasteiger charge is -2.08. The Balaban J connectivity index is 1.76. The van der Waals surface area contributed by atoms with Gasteiger partial charge >= 0.3 is 6.03 Å². The average molecular weight is 357 g/mol. The lowest BCUT2D eigenvalue weighted by atomic mass is 10.2. The summed E-state index contributed by atoms with van der Waals surface area (Å²) in [6, 6.07) is 14.3. The molecule has 0 unspecified atom stereocenters. The fraction of sp³-hybridized carbons (Fsp3) is 0.250. The molecule has 0 heterocycles. The molecule has 0 aliphatic carbocycles. The second-order valence-corrected chi connectivity index (χ2v) is 5.72. The Labute approximate surface area is 153 Å². The predicted octanol–water partition coefficient (Wildman–Crippen LogP) is 4.69. The Morgan fingerprint density at radius 3 is 2.64 bits per heavy atom. The van der Waals surface area contributed by atoms with Crippen LogP contribution in [-0.2, 0) is 0 Å². The summed E-state index contributed by atoms with van der Waals surface area (Å²) in [6.45, 7) is 3.05. The van der Waals surface area contributed by atoms with Gasteiger partial charge in [-0.3, -0.25) is 0 Å². The molecule has 2 aromatic rings. The van der Waals surface area contributed by atoms with Crippen molar-refractivity contribution in [1.29, 1.82) is 0 Å². The van der Waals surface area contributed by atoms with E-state index in [1.807, 2.05) is 30.3 Å². The molecule has 2 rings (SSSR count). The summed E-state index contributed by atoms with van der Waals surface area (Å²) >= 11 is 6.01. The Bertz CT molecular complexity index is 748. The number of carbonyl (C=O) groups is 1. The first-order valence-electron chi connectivity index (χ1n) is 8.20. The summed E-state index contributed by atoms with van der Waals surface area (Å²) in [5.41, 5.74) is 1.43. The van der Waals surface area contributed by atoms with Crippen LogP contribution in [0.4, 0.5) is 10.5 Å². The van der Waals surface area contributed by atoms with Crippen LogP contribution in [0.5, 0.6) is 5.75 Å². The number of anilines is 1. The van der Waals surface area contributed by atoms with Crippen LogP contribution in [0.2, 0.25) is 5.02 Å². The van der Waals surface area contributed by atoms with E-state index in [9.17, 15) is 4.79 Å². The highest BCUT2D eigenvalue weighted by molar-refractivity contribution is 6.31. The molecule has 0 atom stereocenters. The van der Waals surface area contributed by atoms with E-state index in [2.05, 4.69) is 29.4 Å². The minimum atomic E-state index is -0.312. The monoisotopic (exact) mass is 356 g/mol. The highest BCUT2D eigenvalue weighted by atomic mass is 35.5. The van der Waals surface area contributed by atoms with Crippen LogP contribution in [0.3, 0.4) is 0 Å². The molecule has 0 bridgehead atoms. The molecule has 4 nitrogen and oxygen atoms in total. The van der Waals surface area contributed by atoms with E-state index in [0.29, 0.717) is 17.3 Å². The van der Waals surface area contributed by atoms with Gasteiger partial charge in [0.15, 0.2) is 0 Å². The number of nitrogens with one attached hydrogen (secondary N) is 2. The number of amides is 2. The summed E-state index contributed by atoms with van der Waals surface area (Å²) in [7, 11) is 0. The van der Waals surface area contributed by atoms with E-state index < -0.39 is 0 Å². The molecular formula is C20H21ClN2O2. The largest absolute Gasteiger partial charge is 0.494 e. The molecule has 0 saturated carbocycles. The van der Waals surface area contributed by atoms with Gasteiger partial charge in [0.25, 0.3) is 0 Å². The van der Waals surface area contributed by atoms with Crippen LogP contribution >= 0.6 is 11.6 Å². The Hall–Kier alpha value is -2.64. The van der Waals surface area contributed by atoms with E-state index in [4.69, 9.17) is 16.3 Å². The quantitative estimate of drug-likeness (QED) is 0.582. The Morgan fingerprint density at radius 2 is 1.92 bits per heavy atom. The van der Waals surface area contributed by atoms with E-state index in [-0.39, 0.29) is 12.6 Å². The summed E-state index contributed by atoms with van der Waals surface area (Å²) < 4.78 is 5.58. The summed E-state index contributed by atoms with van der Waals surface area (Å²) in [5.74, 6) is 6.59. The van der Waals surface area contributed by atoms with Gasteiger partial charge < -0.3 is 15.4 Å². The van der Waals surface area contributed by atoms with Gasteiger partial charge in [0.05, 0.1) is 18.2 Å². The molecule has 0 radical (unpaired) electrons. The van der Waals surface area contributed by atoms with Crippen LogP contribution in [0.1, 0.15) is 25.3 Å². The van der Waals surface area contributed by atoms with Gasteiger partial charge in [0.1, 0.15) is 5.75 Å². The van der Waals surface area contributed by atoms with E-state index >= 15 is 0 Å². The van der Waals surface area contributed by atoms with Crippen molar-refractivity contribution in [1.82, 2.24) is 5.32 Å². The fourth-order valence-electron chi connectivity index (χ4n) is 1.97. The smallest absolute Gasteiger partial charge is 0.319 e. The topological polar surface area (TPSA) is 50.4 Å². The van der Waals surface area contributed by atoms with Crippen molar-refractivity contribution < 1.29 is 9.53 Å². The molecule has 5 heteroatoms. The van der Waals surface area contributed by atoms with Crippen molar-refractivity contribution in [2.45, 2.75) is 19.8 Å². The van der Waals surface area contributed by atoms with Crippen molar-refractivity contribution >= 4 is 23.3 Å². The standard InChI is InChI=1S/C20H21ClN2O2/c1-2-3-15-25-18-12-10-17(11-13-18)23-20(24)22-14-6-8-16-7-4-5-9-19(16)21/h4-5,7,9-13H,2-3,14-15H2,1H3,(H2,22,23,24). The third-order valence-electron chi connectivity index (χ3n) is 3.31. The van der Waals surface area contributed by atoms with Crippen molar-refractivity contribution in [2.24, 2.45) is 0 Å². The number of unbranched alkanes of at least 4 members (excludes halogenated alkanes) is 1. The number of urea groups is 1. The number of hydrogen-bond donors (Lipinski definition) is 2. The summed E-state index contributed by atoms with van der Waals surface area (Å²) in [5, 5.41) is 6.02. The van der Waals surface area contributed by atoms with Crippen molar-refractivity contribution in [3.8, 4) is 17.6 Å². The number of halogens is 1. The first kappa shape index (κ1) is 18.7. The molecule has 0 aliphatic heterocycles. The number of rotatable bonds is 6. The highest BCUT2D eigenvalue weighted by Gasteiger charge is 2.01. The molecule has 0 saturated heterocycles. The maximum atomic E-state index is 11.8. The zero-order chi connectivity index (χ0) is 17.9. The lowest BCUT2D eigenvalue weighted by molar-refractivity contribution is 0.253. The van der Waals surface area contributed by atoms with Crippen molar-refractivity contribution in [2.75, 3.05) is 18.5 Å². The van der Waals surface area contributed by atoms with Gasteiger partial charge in [-0.15, -0.1) is 0 Å². The Kier molecular flexibility index (Phi) is 7.68. The molecular weight excluding hydrogens is 336 g/mol. The molecule has 0 fully saturated rings. The lowest BCUT2D eigenvalue weighted by Crippen LogP contribution is -2.28. The third-order valence-corrected chi connectivity index (χ3v) is 3.64. The highest BCUT2D eigenvalue weighted by Crippen LogP contribution is 2.16. The first-order chi connectivity index (χ1) is 12.2. The van der Waals surface area contributed by atoms with E-state index in [1.165, 1.54) is 0 Å². The zero-order valence-corrected chi connectivity index (χ0v) is 14.9. The summed E-state index contributed by atoms with van der Waals surface area (Å²) in [4.78, 5) is 11.8. The summed E-state index contributed by atoms with van der Waals surface area (Å²) in [6.07, 6.45) is 2.12. The Morgan fingerprint density at radius 1 is 1.16 bits per heavy atom. The molecule has 2 N–H and O–H groups in total. The van der Waals surface area contributed by atoms with Crippen LogP contribution in [0.15, 0.2) is 48.5 Å². The average Bonchev–Trinajstić information content (AvgIpc) is 2.62. The minimum absolute atomic E-state index is 0.231. The fourth-order valence-corrected chi connectivity index (χ4v) is 2.15. The normalized spacial score (nSPS) is 9.68. The minimum Gasteiger partial charge on any atom is -0.494 e. The van der Waals surface area contributed by atoms with Crippen LogP contribution in [0.25, 0.3) is 0 Å². The SMILES string of the molecule is CCCCOc1ccc(NC(=O)NCC#Cc2ccccc2Cl)cc1. The predicted molar refractivity (Wildman–Crippen MR) is 102 cm³/mol. The van der Waals surface area contributed by atoms with Crippen molar-refractivity contribution in [3.63, 3.8) is 0 Å². The molecule has 0 aromatic heterocycles. The maximum Gasteiger partial charge on any atom is 0.319 e. The van der Waals surface area contributed by atoms with Gasteiger partial charge in [0.2, 0.25) is 0 Å². The van der Waals surface area contributed by atoms with E-state index in [0.717, 1.165) is 24.2 Å². The van der Waals surface area contributed by atoms with Crippen molar-refractivity contribution in [3.05, 3.63) is 59.1 Å². The molecule has 0 aliphatic rings. The second kappa shape index (κ2) is 10.3. The second-order valence-electron chi connectivity index (χ2n) is 5.32. The van der Waals surface area contributed by atoms with Gasteiger partial charge in [-0.2, -0.15) is 0 Å². The maximum absolute atomic E-state index is 11.8. The van der Waals surface area contributed by atoms with Gasteiger partial charge in [-0.1, -0.05) is 48.9 Å². The van der Waals surface area contributed by atoms with Gasteiger partial charge in [-0.05, 0) is 42.8 Å². The van der Waals surface area contributed by atoms with Gasteiger partial charge in [0, 0.05) is 11.3 Å². The number of ether oxygens (including phenoxy) is 1. The molecule has 130 valence electrons. The number of benzene rings is 2. The zero-order valence-electron chi connectivity index (χ0n) is 14.1. The molecule has 2 amide bonds. The van der Waals surface area contributed by atoms with Crippen LogP contribution in [-0.4, -0.2) is 19.2 Å². The van der Waals surface area contributed by atoms with E-state index in [1.54, 1.807) is 18.2 Å².